The second-order valence-corrected chi connectivity index (χ2v) is 21.4. The van der Waals surface area contributed by atoms with Crippen molar-refractivity contribution >= 4 is 66.7 Å². The van der Waals surface area contributed by atoms with E-state index in [0.717, 1.165) is 73.3 Å². The van der Waals surface area contributed by atoms with Crippen LogP contribution >= 0.6 is 0 Å². The lowest BCUT2D eigenvalue weighted by atomic mass is 9.81. The van der Waals surface area contributed by atoms with Gasteiger partial charge in [-0.25, -0.2) is 0 Å². The van der Waals surface area contributed by atoms with Crippen LogP contribution < -0.4 is 9.47 Å². The Labute approximate surface area is 401 Å². The van der Waals surface area contributed by atoms with Gasteiger partial charge in [-0.1, -0.05) is 144 Å². The van der Waals surface area contributed by atoms with E-state index in [4.69, 9.17) is 9.47 Å². The normalized spacial score (nSPS) is 15.1. The molecule has 2 aliphatic rings. The Hall–Kier alpha value is -6.28. The summed E-state index contributed by atoms with van der Waals surface area (Å²) in [5.74, 6) is 1.09. The third-order valence-corrected chi connectivity index (χ3v) is 14.8. The maximum absolute atomic E-state index is 15.0. The summed E-state index contributed by atoms with van der Waals surface area (Å²) in [7, 11) is 0. The van der Waals surface area contributed by atoms with Gasteiger partial charge in [0.05, 0.1) is 11.1 Å². The molecule has 2 atom stereocenters. The van der Waals surface area contributed by atoms with Crippen molar-refractivity contribution in [2.45, 2.75) is 131 Å². The molecule has 4 amide bonds. The molecule has 7 aromatic carbocycles. The van der Waals surface area contributed by atoms with Crippen LogP contribution in [0.15, 0.2) is 84.9 Å². The molecular formula is C60H66N2O6. The lowest BCUT2D eigenvalue weighted by Crippen LogP contribution is -2.43. The number of unbranched alkanes of at least 4 members (excludes halogenated alkanes) is 2. The molecule has 68 heavy (non-hydrogen) atoms. The molecule has 0 N–H and O–H groups in total. The molecule has 8 nitrogen and oxygen atoms in total. The molecule has 0 spiro atoms. The van der Waals surface area contributed by atoms with Gasteiger partial charge < -0.3 is 9.47 Å². The molecule has 0 aromatic heterocycles. The molecule has 0 radical (unpaired) electrons. The van der Waals surface area contributed by atoms with Gasteiger partial charge in [0.2, 0.25) is 0 Å². The summed E-state index contributed by atoms with van der Waals surface area (Å²) in [5.41, 5.74) is 3.85. The molecule has 0 saturated carbocycles. The van der Waals surface area contributed by atoms with Gasteiger partial charge in [0.25, 0.3) is 23.6 Å². The first-order valence-corrected chi connectivity index (χ1v) is 25.1. The number of carbonyl (C=O) groups excluding carboxylic acids is 4. The first kappa shape index (κ1) is 46.8. The highest BCUT2D eigenvalue weighted by Crippen LogP contribution is 2.53. The van der Waals surface area contributed by atoms with Crippen molar-refractivity contribution in [1.82, 2.24) is 9.80 Å². The van der Waals surface area contributed by atoms with Crippen LogP contribution in [0.4, 0.5) is 0 Å². The predicted molar refractivity (Wildman–Crippen MR) is 275 cm³/mol. The van der Waals surface area contributed by atoms with Crippen LogP contribution in [-0.4, -0.2) is 46.5 Å². The largest absolute Gasteiger partial charge is 0.457 e. The number of benzene rings is 7. The van der Waals surface area contributed by atoms with E-state index >= 15 is 9.59 Å². The quantitative estimate of drug-likeness (QED) is 0.0545. The highest BCUT2D eigenvalue weighted by atomic mass is 16.5. The second kappa shape index (κ2) is 18.0. The fourth-order valence-corrected chi connectivity index (χ4v) is 10.6. The SMILES string of the molecule is CCCCC(CC)CN1C(=O)c2ccc3c4c(Oc5ccc(C(C)(C)C)cc5)cc5c6c(ccc(c7c(Oc8ccc(C(C)(C)C)cc8)cc(c2c37)C1=O)c64)C(=O)N(CC(CC)CCCC)C5=O. The van der Waals surface area contributed by atoms with Crippen LogP contribution in [0.3, 0.4) is 0 Å². The standard InChI is InChI=1S/C60H66N2O6/c1-11-15-17-35(13-3)33-61-55(63)43-29-27-41-52-48(68-40-25-21-38(22-26-40)60(8,9)10)32-46-50-44(56(64)62(58(46)66)34-36(14-4)18-16-12-2)30-28-42(54(50)52)51-47(31-45(57(61)65)49(43)53(41)51)67-39-23-19-37(20-24-39)59(5,6)7/h19-32,35-36H,11-18,33-34H2,1-10H3. The number of hydrogen-bond donors (Lipinski definition) is 0. The van der Waals surface area contributed by atoms with Gasteiger partial charge in [0.1, 0.15) is 23.0 Å². The maximum atomic E-state index is 15.0. The molecule has 7 aromatic rings. The van der Waals surface area contributed by atoms with Gasteiger partial charge in [-0.15, -0.1) is 0 Å². The third-order valence-electron chi connectivity index (χ3n) is 14.8. The molecule has 8 heteroatoms. The van der Waals surface area contributed by atoms with E-state index in [0.29, 0.717) is 90.7 Å². The molecule has 0 aliphatic carbocycles. The second-order valence-electron chi connectivity index (χ2n) is 21.4. The Bertz CT molecular complexity index is 2900. The van der Waals surface area contributed by atoms with Gasteiger partial charge in [-0.05, 0) is 106 Å². The smallest absolute Gasteiger partial charge is 0.261 e. The molecule has 2 aliphatic heterocycles. The van der Waals surface area contributed by atoms with Crippen LogP contribution in [-0.2, 0) is 10.8 Å². The van der Waals surface area contributed by atoms with Gasteiger partial charge in [-0.3, -0.25) is 29.0 Å². The number of ether oxygens (including phenoxy) is 2. The van der Waals surface area contributed by atoms with Gasteiger partial charge >= 0.3 is 0 Å². The van der Waals surface area contributed by atoms with Crippen LogP contribution in [0, 0.1) is 11.8 Å². The number of imide groups is 2. The summed E-state index contributed by atoms with van der Waals surface area (Å²) in [6.45, 7) is 22.2. The first-order valence-electron chi connectivity index (χ1n) is 25.1. The van der Waals surface area contributed by atoms with Gasteiger partial charge in [-0.2, -0.15) is 0 Å². The number of rotatable bonds is 16. The summed E-state index contributed by atoms with van der Waals surface area (Å²) in [4.78, 5) is 62.4. The molecule has 9 rings (SSSR count). The van der Waals surface area contributed by atoms with Crippen LogP contribution in [0.1, 0.15) is 173 Å². The highest BCUT2D eigenvalue weighted by molar-refractivity contribution is 6.43. The van der Waals surface area contributed by atoms with E-state index in [9.17, 15) is 9.59 Å². The zero-order chi connectivity index (χ0) is 48.4. The zero-order valence-corrected chi connectivity index (χ0v) is 41.7. The van der Waals surface area contributed by atoms with E-state index in [1.165, 1.54) is 9.80 Å². The summed E-state index contributed by atoms with van der Waals surface area (Å²) in [6, 6.07) is 27.3. The van der Waals surface area contributed by atoms with Crippen LogP contribution in [0.2, 0.25) is 0 Å². The Morgan fingerprint density at radius 3 is 1.12 bits per heavy atom. The van der Waals surface area contributed by atoms with Crippen molar-refractivity contribution in [3.8, 4) is 23.0 Å². The molecule has 0 saturated heterocycles. The van der Waals surface area contributed by atoms with E-state index in [2.05, 4.69) is 93.5 Å². The van der Waals surface area contributed by atoms with Crippen molar-refractivity contribution in [1.29, 1.82) is 0 Å². The molecule has 352 valence electrons. The lowest BCUT2D eigenvalue weighted by molar-refractivity contribution is 0.0565. The van der Waals surface area contributed by atoms with Crippen LogP contribution in [0.25, 0.3) is 43.1 Å². The summed E-state index contributed by atoms with van der Waals surface area (Å²) in [5, 5.41) is 5.35. The molecular weight excluding hydrogens is 845 g/mol. The van der Waals surface area contributed by atoms with Crippen molar-refractivity contribution < 1.29 is 28.7 Å². The number of carbonyl (C=O) groups is 4. The summed E-state index contributed by atoms with van der Waals surface area (Å²) >= 11 is 0. The average Bonchev–Trinajstić information content (AvgIpc) is 3.31. The molecule has 2 unspecified atom stereocenters. The number of hydrogen-bond acceptors (Lipinski definition) is 6. The van der Waals surface area contributed by atoms with E-state index in [1.54, 1.807) is 0 Å². The fraction of sp³-hybridized carbons (Fsp3) is 0.400. The monoisotopic (exact) mass is 910 g/mol. The van der Waals surface area contributed by atoms with Crippen molar-refractivity contribution in [2.75, 3.05) is 13.1 Å². The predicted octanol–water partition coefficient (Wildman–Crippen LogP) is 15.5. The van der Waals surface area contributed by atoms with Crippen molar-refractivity contribution in [3.05, 3.63) is 118 Å². The third kappa shape index (κ3) is 8.07. The first-order chi connectivity index (χ1) is 32.5. The average molecular weight is 911 g/mol. The minimum atomic E-state index is -0.346. The van der Waals surface area contributed by atoms with Gasteiger partial charge in [0.15, 0.2) is 0 Å². The van der Waals surface area contributed by atoms with Crippen molar-refractivity contribution in [3.63, 3.8) is 0 Å². The van der Waals surface area contributed by atoms with E-state index < -0.39 is 0 Å². The fourth-order valence-electron chi connectivity index (χ4n) is 10.6. The molecule has 2 heterocycles. The minimum absolute atomic E-state index is 0.0790. The highest BCUT2D eigenvalue weighted by Gasteiger charge is 2.40. The van der Waals surface area contributed by atoms with Crippen molar-refractivity contribution in [2.24, 2.45) is 11.8 Å². The maximum Gasteiger partial charge on any atom is 0.261 e. The van der Waals surface area contributed by atoms with E-state index in [-0.39, 0.29) is 46.3 Å². The lowest BCUT2D eigenvalue weighted by Gasteiger charge is -2.33. The zero-order valence-electron chi connectivity index (χ0n) is 41.7. The summed E-state index contributed by atoms with van der Waals surface area (Å²) in [6.07, 6.45) is 7.67. The van der Waals surface area contributed by atoms with Crippen LogP contribution in [0.5, 0.6) is 23.0 Å². The van der Waals surface area contributed by atoms with E-state index in [1.807, 2.05) is 60.7 Å². The van der Waals surface area contributed by atoms with Gasteiger partial charge in [0, 0.05) is 56.5 Å². The number of nitrogens with zero attached hydrogens (tertiary/aromatic N) is 2. The topological polar surface area (TPSA) is 93.2 Å². The molecule has 0 bridgehead atoms. The Morgan fingerprint density at radius 1 is 0.441 bits per heavy atom. The Kier molecular flexibility index (Phi) is 12.4. The Balaban J connectivity index is 1.35. The number of amides is 4. The molecule has 0 fully saturated rings. The minimum Gasteiger partial charge on any atom is -0.457 e. The number of fused-ring (bicyclic) bond motifs is 2. The Morgan fingerprint density at radius 2 is 0.794 bits per heavy atom. The summed E-state index contributed by atoms with van der Waals surface area (Å²) < 4.78 is 13.9.